The predicted molar refractivity (Wildman–Crippen MR) is 56.0 cm³/mol. The van der Waals surface area contributed by atoms with E-state index in [1.807, 2.05) is 6.07 Å². The molecule has 3 aliphatic heterocycles. The number of aromatic amines is 1. The number of nitrogens with zero attached hydrogens (tertiary/aromatic N) is 3. The smallest absolute Gasteiger partial charge is 0.203 e. The Morgan fingerprint density at radius 2 is 2.13 bits per heavy atom. The van der Waals surface area contributed by atoms with Crippen LogP contribution in [0.1, 0.15) is 0 Å². The molecule has 0 amide bonds. The number of hydrogen-bond donors (Lipinski definition) is 1. The monoisotopic (exact) mass is 204 g/mol. The molecule has 5 nitrogen and oxygen atoms in total. The van der Waals surface area contributed by atoms with Crippen LogP contribution in [-0.4, -0.2) is 41.3 Å². The highest BCUT2D eigenvalue weighted by Gasteiger charge is 2.14. The maximum Gasteiger partial charge on any atom is 0.203 e. The number of fused-ring (bicyclic) bond motifs is 1. The van der Waals surface area contributed by atoms with Crippen molar-refractivity contribution < 1.29 is 4.74 Å². The van der Waals surface area contributed by atoms with E-state index in [0.717, 1.165) is 43.6 Å². The summed E-state index contributed by atoms with van der Waals surface area (Å²) in [5, 5.41) is 0. The van der Waals surface area contributed by atoms with Crippen LogP contribution in [0.2, 0.25) is 0 Å². The molecule has 15 heavy (non-hydrogen) atoms. The lowest BCUT2D eigenvalue weighted by molar-refractivity contribution is 0.122. The Hall–Kier alpha value is -1.62. The first-order chi connectivity index (χ1) is 7.43. The van der Waals surface area contributed by atoms with Crippen LogP contribution in [0.15, 0.2) is 18.5 Å². The van der Waals surface area contributed by atoms with Crippen LogP contribution in [0.3, 0.4) is 0 Å². The normalized spacial score (nSPS) is 17.2. The molecule has 0 atom stereocenters. The van der Waals surface area contributed by atoms with Crippen molar-refractivity contribution in [3.63, 3.8) is 0 Å². The summed E-state index contributed by atoms with van der Waals surface area (Å²) in [7, 11) is 0. The second-order valence-corrected chi connectivity index (χ2v) is 3.55. The maximum atomic E-state index is 5.30. The van der Waals surface area contributed by atoms with Crippen LogP contribution in [0.4, 0.5) is 5.95 Å². The number of hydrogen-bond acceptors (Lipinski definition) is 4. The first-order valence-electron chi connectivity index (χ1n) is 5.06. The number of anilines is 1. The molecular weight excluding hydrogens is 192 g/mol. The van der Waals surface area contributed by atoms with Crippen LogP contribution in [0.5, 0.6) is 0 Å². The highest BCUT2D eigenvalue weighted by Crippen LogP contribution is 2.19. The van der Waals surface area contributed by atoms with E-state index in [1.54, 1.807) is 12.4 Å². The van der Waals surface area contributed by atoms with Crippen LogP contribution in [0.25, 0.3) is 11.4 Å². The van der Waals surface area contributed by atoms with E-state index < -0.39 is 0 Å². The maximum absolute atomic E-state index is 5.30. The molecule has 0 aliphatic carbocycles. The van der Waals surface area contributed by atoms with Crippen molar-refractivity contribution in [3.8, 4) is 11.4 Å². The Bertz CT molecular complexity index is 421. The first-order valence-corrected chi connectivity index (χ1v) is 5.06. The van der Waals surface area contributed by atoms with Gasteiger partial charge < -0.3 is 14.6 Å². The molecule has 3 aliphatic rings. The minimum Gasteiger partial charge on any atom is -0.378 e. The fraction of sp³-hybridized carbons (Fsp3) is 0.400. The average Bonchev–Trinajstić information content (AvgIpc) is 2.77. The Morgan fingerprint density at radius 1 is 1.27 bits per heavy atom. The van der Waals surface area contributed by atoms with E-state index in [9.17, 15) is 0 Å². The molecule has 5 heteroatoms. The molecule has 0 aromatic heterocycles. The second kappa shape index (κ2) is 3.51. The summed E-state index contributed by atoms with van der Waals surface area (Å²) in [6, 6.07) is 1.96. The Morgan fingerprint density at radius 3 is 3.00 bits per heavy atom. The van der Waals surface area contributed by atoms with Gasteiger partial charge in [0.25, 0.3) is 0 Å². The molecule has 0 bridgehead atoms. The van der Waals surface area contributed by atoms with Crippen molar-refractivity contribution in [2.45, 2.75) is 0 Å². The standard InChI is InChI=1S/C10H12N4O/c1-2-11-9-7-12-10(13-8(1)9)14-3-5-15-6-4-14/h1-2,7H,3-6H2,(H,12,13). The van der Waals surface area contributed by atoms with Crippen molar-refractivity contribution in [1.82, 2.24) is 15.0 Å². The quantitative estimate of drug-likeness (QED) is 0.744. The van der Waals surface area contributed by atoms with Crippen molar-refractivity contribution >= 4 is 5.95 Å². The van der Waals surface area contributed by atoms with Gasteiger partial charge in [0, 0.05) is 19.3 Å². The molecule has 0 saturated carbocycles. The van der Waals surface area contributed by atoms with Gasteiger partial charge in [-0.1, -0.05) is 0 Å². The summed E-state index contributed by atoms with van der Waals surface area (Å²) in [6.45, 7) is 3.33. The zero-order chi connectivity index (χ0) is 10.1. The molecular formula is C10H12N4O. The average molecular weight is 204 g/mol. The molecule has 0 aromatic carbocycles. The van der Waals surface area contributed by atoms with Crippen LogP contribution < -0.4 is 4.90 Å². The van der Waals surface area contributed by atoms with Crippen LogP contribution in [-0.2, 0) is 4.74 Å². The highest BCUT2D eigenvalue weighted by atomic mass is 16.5. The van der Waals surface area contributed by atoms with Gasteiger partial charge in [-0.05, 0) is 6.07 Å². The third-order valence-electron chi connectivity index (χ3n) is 2.60. The van der Waals surface area contributed by atoms with Crippen molar-refractivity contribution in [2.75, 3.05) is 31.2 Å². The first kappa shape index (κ1) is 8.67. The number of rotatable bonds is 1. The van der Waals surface area contributed by atoms with Gasteiger partial charge in [0.05, 0.1) is 25.1 Å². The Balaban J connectivity index is 1.93. The molecule has 0 aromatic rings. The largest absolute Gasteiger partial charge is 0.378 e. The Kier molecular flexibility index (Phi) is 2.03. The number of morpholine rings is 1. The lowest BCUT2D eigenvalue weighted by Crippen LogP contribution is -2.37. The van der Waals surface area contributed by atoms with Gasteiger partial charge in [-0.3, -0.25) is 4.98 Å². The van der Waals surface area contributed by atoms with Gasteiger partial charge in [-0.2, -0.15) is 0 Å². The molecule has 1 saturated heterocycles. The zero-order valence-electron chi connectivity index (χ0n) is 8.31. The SMILES string of the molecule is c1cc2[nH]c(N3CCOCC3)ncc-2n1. The lowest BCUT2D eigenvalue weighted by Gasteiger charge is -2.27. The van der Waals surface area contributed by atoms with Gasteiger partial charge >= 0.3 is 0 Å². The van der Waals surface area contributed by atoms with Crippen molar-refractivity contribution in [2.24, 2.45) is 0 Å². The van der Waals surface area contributed by atoms with E-state index in [1.165, 1.54) is 0 Å². The minimum atomic E-state index is 0.771. The van der Waals surface area contributed by atoms with Crippen LogP contribution >= 0.6 is 0 Å². The third-order valence-corrected chi connectivity index (χ3v) is 2.60. The molecule has 1 N–H and O–H groups in total. The molecule has 78 valence electrons. The molecule has 0 spiro atoms. The summed E-state index contributed by atoms with van der Waals surface area (Å²) >= 11 is 0. The summed E-state index contributed by atoms with van der Waals surface area (Å²) in [5.74, 6) is 0.902. The topological polar surface area (TPSA) is 54.0 Å². The minimum absolute atomic E-state index is 0.771. The molecule has 0 radical (unpaired) electrons. The third kappa shape index (κ3) is 1.55. The van der Waals surface area contributed by atoms with E-state index >= 15 is 0 Å². The summed E-state index contributed by atoms with van der Waals surface area (Å²) in [5.41, 5.74) is 1.94. The van der Waals surface area contributed by atoms with E-state index in [4.69, 9.17) is 4.74 Å². The lowest BCUT2D eigenvalue weighted by atomic mass is 10.3. The van der Waals surface area contributed by atoms with E-state index in [0.29, 0.717) is 0 Å². The summed E-state index contributed by atoms with van der Waals surface area (Å²) < 4.78 is 5.30. The molecule has 1 fully saturated rings. The second-order valence-electron chi connectivity index (χ2n) is 3.55. The van der Waals surface area contributed by atoms with E-state index in [2.05, 4.69) is 19.9 Å². The van der Waals surface area contributed by atoms with Crippen molar-refractivity contribution in [1.29, 1.82) is 0 Å². The highest BCUT2D eigenvalue weighted by molar-refractivity contribution is 5.57. The van der Waals surface area contributed by atoms with Crippen molar-refractivity contribution in [3.05, 3.63) is 18.5 Å². The number of H-pyrrole nitrogens is 1. The Labute approximate surface area is 87.4 Å². The number of nitrogens with one attached hydrogen (secondary N) is 1. The van der Waals surface area contributed by atoms with E-state index in [-0.39, 0.29) is 0 Å². The molecule has 0 unspecified atom stereocenters. The zero-order valence-corrected chi connectivity index (χ0v) is 8.31. The van der Waals surface area contributed by atoms with Crippen LogP contribution in [0, 0.1) is 0 Å². The number of aromatic nitrogens is 3. The van der Waals surface area contributed by atoms with Gasteiger partial charge in [0.2, 0.25) is 5.95 Å². The fourth-order valence-electron chi connectivity index (χ4n) is 1.77. The molecule has 3 rings (SSSR count). The van der Waals surface area contributed by atoms with Gasteiger partial charge in [0.15, 0.2) is 0 Å². The summed E-state index contributed by atoms with van der Waals surface area (Å²) in [4.78, 5) is 14.0. The fourth-order valence-corrected chi connectivity index (χ4v) is 1.77. The molecule has 3 heterocycles. The van der Waals surface area contributed by atoms with Gasteiger partial charge in [-0.25, -0.2) is 4.98 Å². The summed E-state index contributed by atoms with van der Waals surface area (Å²) in [6.07, 6.45) is 3.59. The van der Waals surface area contributed by atoms with Gasteiger partial charge in [0.1, 0.15) is 5.69 Å². The number of ether oxygens (including phenoxy) is 1. The predicted octanol–water partition coefficient (Wildman–Crippen LogP) is 0.746. The van der Waals surface area contributed by atoms with Gasteiger partial charge in [-0.15, -0.1) is 0 Å².